The molecule has 0 bridgehead atoms. The molecule has 0 atom stereocenters. The SMILES string of the molecule is CN(C)CCN(C)Cc1occc1C(=O)NN. The summed E-state index contributed by atoms with van der Waals surface area (Å²) >= 11 is 0. The number of rotatable bonds is 6. The number of nitrogens with two attached hydrogens (primary N) is 1. The molecular formula is C11H20N4O2. The Kier molecular flexibility index (Phi) is 5.14. The van der Waals surface area contributed by atoms with Gasteiger partial charge in [-0.25, -0.2) is 5.84 Å². The summed E-state index contributed by atoms with van der Waals surface area (Å²) in [5.41, 5.74) is 2.60. The number of nitrogens with zero attached hydrogens (tertiary/aromatic N) is 2. The number of nitrogen functional groups attached to an aromatic ring is 1. The third-order valence-electron chi connectivity index (χ3n) is 2.46. The van der Waals surface area contributed by atoms with E-state index in [1.165, 1.54) is 6.26 Å². The fraction of sp³-hybridized carbons (Fsp3) is 0.545. The van der Waals surface area contributed by atoms with E-state index >= 15 is 0 Å². The zero-order valence-corrected chi connectivity index (χ0v) is 10.6. The fourth-order valence-corrected chi connectivity index (χ4v) is 1.44. The van der Waals surface area contributed by atoms with Gasteiger partial charge in [-0.3, -0.25) is 15.1 Å². The maximum Gasteiger partial charge on any atom is 0.268 e. The first-order chi connectivity index (χ1) is 8.04. The van der Waals surface area contributed by atoms with Crippen molar-refractivity contribution in [3.05, 3.63) is 23.7 Å². The molecule has 0 aromatic carbocycles. The number of furan rings is 1. The van der Waals surface area contributed by atoms with Gasteiger partial charge in [0, 0.05) is 13.1 Å². The van der Waals surface area contributed by atoms with E-state index in [1.807, 2.05) is 21.1 Å². The van der Waals surface area contributed by atoms with E-state index in [1.54, 1.807) is 6.07 Å². The van der Waals surface area contributed by atoms with Crippen molar-refractivity contribution in [3.8, 4) is 0 Å². The van der Waals surface area contributed by atoms with Crippen LogP contribution in [0.5, 0.6) is 0 Å². The Bertz CT molecular complexity index is 362. The number of nitrogens with one attached hydrogen (secondary N) is 1. The van der Waals surface area contributed by atoms with Crippen molar-refractivity contribution in [1.82, 2.24) is 15.2 Å². The second kappa shape index (κ2) is 6.39. The fourth-order valence-electron chi connectivity index (χ4n) is 1.44. The van der Waals surface area contributed by atoms with Crippen LogP contribution < -0.4 is 11.3 Å². The predicted octanol–water partition coefficient (Wildman–Crippen LogP) is -0.123. The molecule has 3 N–H and O–H groups in total. The molecule has 1 aromatic heterocycles. The number of amides is 1. The molecule has 0 aliphatic heterocycles. The predicted molar refractivity (Wildman–Crippen MR) is 65.2 cm³/mol. The minimum Gasteiger partial charge on any atom is -0.467 e. The standard InChI is InChI=1S/C11H20N4O2/c1-14(2)5-6-15(3)8-10-9(4-7-17-10)11(16)13-12/h4,7H,5-6,8,12H2,1-3H3,(H,13,16). The van der Waals surface area contributed by atoms with Crippen molar-refractivity contribution in [2.45, 2.75) is 6.54 Å². The van der Waals surface area contributed by atoms with Crippen molar-refractivity contribution >= 4 is 5.91 Å². The molecule has 0 radical (unpaired) electrons. The molecule has 0 aliphatic rings. The van der Waals surface area contributed by atoms with Crippen LogP contribution in [-0.4, -0.2) is 49.9 Å². The van der Waals surface area contributed by atoms with Crippen molar-refractivity contribution < 1.29 is 9.21 Å². The quantitative estimate of drug-likeness (QED) is 0.412. The summed E-state index contributed by atoms with van der Waals surface area (Å²) < 4.78 is 5.29. The molecule has 96 valence electrons. The highest BCUT2D eigenvalue weighted by Crippen LogP contribution is 2.12. The topological polar surface area (TPSA) is 74.7 Å². The van der Waals surface area contributed by atoms with Gasteiger partial charge in [0.1, 0.15) is 5.76 Å². The van der Waals surface area contributed by atoms with Gasteiger partial charge in [0.05, 0.1) is 18.4 Å². The van der Waals surface area contributed by atoms with E-state index in [9.17, 15) is 4.79 Å². The molecule has 1 amide bonds. The largest absolute Gasteiger partial charge is 0.467 e. The van der Waals surface area contributed by atoms with Crippen LogP contribution in [0.1, 0.15) is 16.1 Å². The second-order valence-corrected chi connectivity index (χ2v) is 4.27. The molecule has 1 rings (SSSR count). The summed E-state index contributed by atoms with van der Waals surface area (Å²) in [5, 5.41) is 0. The summed E-state index contributed by atoms with van der Waals surface area (Å²) in [6, 6.07) is 1.62. The summed E-state index contributed by atoms with van der Waals surface area (Å²) in [7, 11) is 6.03. The molecule has 0 aliphatic carbocycles. The Hall–Kier alpha value is -1.37. The van der Waals surface area contributed by atoms with Gasteiger partial charge in [-0.15, -0.1) is 0 Å². The lowest BCUT2D eigenvalue weighted by atomic mass is 10.2. The van der Waals surface area contributed by atoms with Crippen LogP contribution in [0.3, 0.4) is 0 Å². The normalized spacial score (nSPS) is 11.2. The van der Waals surface area contributed by atoms with Gasteiger partial charge < -0.3 is 9.32 Å². The van der Waals surface area contributed by atoms with Crippen LogP contribution in [0, 0.1) is 0 Å². The zero-order valence-electron chi connectivity index (χ0n) is 10.6. The summed E-state index contributed by atoms with van der Waals surface area (Å²) in [6.45, 7) is 2.44. The first-order valence-corrected chi connectivity index (χ1v) is 5.45. The zero-order chi connectivity index (χ0) is 12.8. The number of likely N-dealkylation sites (N-methyl/N-ethyl adjacent to an activating group) is 2. The monoisotopic (exact) mass is 240 g/mol. The number of hydrogen-bond acceptors (Lipinski definition) is 5. The maximum absolute atomic E-state index is 11.4. The van der Waals surface area contributed by atoms with Crippen molar-refractivity contribution in [1.29, 1.82) is 0 Å². The first kappa shape index (κ1) is 13.7. The molecule has 1 heterocycles. The van der Waals surface area contributed by atoms with Gasteiger partial charge in [-0.1, -0.05) is 0 Å². The second-order valence-electron chi connectivity index (χ2n) is 4.27. The minimum absolute atomic E-state index is 0.324. The average molecular weight is 240 g/mol. The van der Waals surface area contributed by atoms with E-state index in [0.29, 0.717) is 17.9 Å². The van der Waals surface area contributed by atoms with Gasteiger partial charge in [-0.2, -0.15) is 0 Å². The Labute approximate surface area is 101 Å². The summed E-state index contributed by atoms with van der Waals surface area (Å²) in [4.78, 5) is 15.6. The van der Waals surface area contributed by atoms with E-state index < -0.39 is 0 Å². The molecule has 6 nitrogen and oxygen atoms in total. The number of carbonyl (C=O) groups is 1. The van der Waals surface area contributed by atoms with Crippen LogP contribution in [0.15, 0.2) is 16.7 Å². The lowest BCUT2D eigenvalue weighted by molar-refractivity contribution is 0.0950. The van der Waals surface area contributed by atoms with Gasteiger partial charge >= 0.3 is 0 Å². The lowest BCUT2D eigenvalue weighted by Crippen LogP contribution is -2.32. The van der Waals surface area contributed by atoms with E-state index in [2.05, 4.69) is 15.2 Å². The van der Waals surface area contributed by atoms with E-state index in [4.69, 9.17) is 10.3 Å². The Balaban J connectivity index is 2.56. The molecule has 0 saturated heterocycles. The van der Waals surface area contributed by atoms with Crippen molar-refractivity contribution in [3.63, 3.8) is 0 Å². The highest BCUT2D eigenvalue weighted by molar-refractivity contribution is 5.94. The third-order valence-corrected chi connectivity index (χ3v) is 2.46. The average Bonchev–Trinajstić information content (AvgIpc) is 2.73. The highest BCUT2D eigenvalue weighted by Gasteiger charge is 2.14. The molecule has 0 fully saturated rings. The molecule has 0 spiro atoms. The molecule has 17 heavy (non-hydrogen) atoms. The first-order valence-electron chi connectivity index (χ1n) is 5.45. The van der Waals surface area contributed by atoms with Crippen molar-refractivity contribution in [2.24, 2.45) is 5.84 Å². The van der Waals surface area contributed by atoms with Crippen LogP contribution in [0.2, 0.25) is 0 Å². The van der Waals surface area contributed by atoms with Gasteiger partial charge in [0.25, 0.3) is 5.91 Å². The smallest absolute Gasteiger partial charge is 0.268 e. The lowest BCUT2D eigenvalue weighted by Gasteiger charge is -2.18. The summed E-state index contributed by atoms with van der Waals surface area (Å²) in [5.74, 6) is 5.41. The minimum atomic E-state index is -0.324. The molecular weight excluding hydrogens is 220 g/mol. The van der Waals surface area contributed by atoms with Crippen molar-refractivity contribution in [2.75, 3.05) is 34.2 Å². The highest BCUT2D eigenvalue weighted by atomic mass is 16.3. The number of hydrogen-bond donors (Lipinski definition) is 2. The van der Waals surface area contributed by atoms with Gasteiger partial charge in [0.2, 0.25) is 0 Å². The maximum atomic E-state index is 11.4. The third kappa shape index (κ3) is 4.18. The molecule has 0 unspecified atom stereocenters. The van der Waals surface area contributed by atoms with Crippen LogP contribution in [-0.2, 0) is 6.54 Å². The molecule has 0 saturated carbocycles. The Morgan fingerprint density at radius 3 is 2.71 bits per heavy atom. The Morgan fingerprint density at radius 2 is 2.12 bits per heavy atom. The summed E-state index contributed by atoms with van der Waals surface area (Å²) in [6.07, 6.45) is 1.50. The Morgan fingerprint density at radius 1 is 1.41 bits per heavy atom. The van der Waals surface area contributed by atoms with Gasteiger partial charge in [-0.05, 0) is 27.2 Å². The molecule has 6 heteroatoms. The van der Waals surface area contributed by atoms with E-state index in [-0.39, 0.29) is 5.91 Å². The van der Waals surface area contributed by atoms with E-state index in [0.717, 1.165) is 13.1 Å². The molecule has 1 aromatic rings. The van der Waals surface area contributed by atoms with Crippen LogP contribution in [0.25, 0.3) is 0 Å². The van der Waals surface area contributed by atoms with Crippen LogP contribution >= 0.6 is 0 Å². The number of carbonyl (C=O) groups excluding carboxylic acids is 1. The van der Waals surface area contributed by atoms with Gasteiger partial charge in [0.15, 0.2) is 0 Å². The number of hydrazine groups is 1. The van der Waals surface area contributed by atoms with Crippen LogP contribution in [0.4, 0.5) is 0 Å².